The monoisotopic (exact) mass is 268 g/mol. The van der Waals surface area contributed by atoms with Gasteiger partial charge >= 0.3 is 6.03 Å². The molecule has 0 aromatic heterocycles. The van der Waals surface area contributed by atoms with Gasteiger partial charge in [-0.1, -0.05) is 6.42 Å². The Hall–Kier alpha value is -1.14. The van der Waals surface area contributed by atoms with Crippen molar-refractivity contribution < 1.29 is 9.59 Å². The summed E-state index contributed by atoms with van der Waals surface area (Å²) in [5.74, 6) is -0.245. The van der Waals surface area contributed by atoms with E-state index in [0.717, 1.165) is 38.6 Å². The number of nitrogens with two attached hydrogens (primary N) is 1. The lowest BCUT2D eigenvalue weighted by molar-refractivity contribution is -0.122. The summed E-state index contributed by atoms with van der Waals surface area (Å²) < 4.78 is 0. The summed E-state index contributed by atoms with van der Waals surface area (Å²) in [6.45, 7) is 3.11. The maximum Gasteiger partial charge on any atom is 0.321 e. The fourth-order valence-corrected chi connectivity index (χ4v) is 2.61. The molecule has 2 aliphatic rings. The third kappa shape index (κ3) is 4.47. The summed E-state index contributed by atoms with van der Waals surface area (Å²) >= 11 is 0. The average Bonchev–Trinajstić information content (AvgIpc) is 3.12. The predicted octanol–water partition coefficient (Wildman–Crippen LogP) is 0.176. The first-order chi connectivity index (χ1) is 9.06. The van der Waals surface area contributed by atoms with Crippen LogP contribution in [-0.4, -0.2) is 48.1 Å². The van der Waals surface area contributed by atoms with E-state index in [1.54, 1.807) is 0 Å². The van der Waals surface area contributed by atoms with Crippen molar-refractivity contribution in [3.8, 4) is 0 Å². The third-order valence-electron chi connectivity index (χ3n) is 3.78. The largest absolute Gasteiger partial charge is 0.335 e. The topological polar surface area (TPSA) is 87.5 Å². The molecule has 2 atom stereocenters. The minimum absolute atomic E-state index is 0.0494. The number of hydrogen-bond donors (Lipinski definition) is 3. The van der Waals surface area contributed by atoms with Crippen LogP contribution in [0.1, 0.15) is 39.0 Å². The molecule has 6 nitrogen and oxygen atoms in total. The van der Waals surface area contributed by atoms with Crippen molar-refractivity contribution in [1.82, 2.24) is 15.5 Å². The number of likely N-dealkylation sites (tertiary alicyclic amines) is 1. The number of carbonyl (C=O) groups is 2. The fourth-order valence-electron chi connectivity index (χ4n) is 2.61. The maximum absolute atomic E-state index is 11.8. The first kappa shape index (κ1) is 14.3. The predicted molar refractivity (Wildman–Crippen MR) is 72.6 cm³/mol. The maximum atomic E-state index is 11.8. The molecule has 0 aromatic carbocycles. The Bertz CT molecular complexity index is 342. The zero-order valence-electron chi connectivity index (χ0n) is 11.5. The molecule has 6 heteroatoms. The van der Waals surface area contributed by atoms with Crippen LogP contribution < -0.4 is 16.4 Å². The lowest BCUT2D eigenvalue weighted by Crippen LogP contribution is -2.53. The highest BCUT2D eigenvalue weighted by molar-refractivity contribution is 5.95. The van der Waals surface area contributed by atoms with Gasteiger partial charge in [-0.2, -0.15) is 0 Å². The number of carbonyl (C=O) groups excluding carboxylic acids is 2. The number of hydrogen-bond acceptors (Lipinski definition) is 4. The van der Waals surface area contributed by atoms with Gasteiger partial charge in [0.25, 0.3) is 0 Å². The first-order valence-electron chi connectivity index (χ1n) is 7.16. The molecule has 19 heavy (non-hydrogen) atoms. The average molecular weight is 268 g/mol. The van der Waals surface area contributed by atoms with E-state index in [9.17, 15) is 9.59 Å². The summed E-state index contributed by atoms with van der Waals surface area (Å²) in [6, 6.07) is 0.181. The van der Waals surface area contributed by atoms with Crippen molar-refractivity contribution in [2.75, 3.05) is 13.1 Å². The SMILES string of the molecule is CC(N)C1CCCCN1CC(=O)NC(=O)NC1CC1. The van der Waals surface area contributed by atoms with Crippen molar-refractivity contribution in [3.63, 3.8) is 0 Å². The Kier molecular flexibility index (Phi) is 4.76. The number of nitrogens with one attached hydrogen (secondary N) is 2. The van der Waals surface area contributed by atoms with Gasteiger partial charge in [-0.05, 0) is 39.2 Å². The molecular formula is C13H24N4O2. The van der Waals surface area contributed by atoms with E-state index >= 15 is 0 Å². The molecule has 0 radical (unpaired) electrons. The van der Waals surface area contributed by atoms with Crippen LogP contribution in [-0.2, 0) is 4.79 Å². The molecule has 0 spiro atoms. The Balaban J connectivity index is 1.77. The molecule has 1 saturated carbocycles. The number of amides is 3. The highest BCUT2D eigenvalue weighted by Gasteiger charge is 2.28. The van der Waals surface area contributed by atoms with E-state index in [1.807, 2.05) is 6.92 Å². The quantitative estimate of drug-likeness (QED) is 0.678. The van der Waals surface area contributed by atoms with E-state index in [4.69, 9.17) is 5.73 Å². The van der Waals surface area contributed by atoms with Crippen LogP contribution in [0.4, 0.5) is 4.79 Å². The van der Waals surface area contributed by atoms with Crippen molar-refractivity contribution in [2.24, 2.45) is 5.73 Å². The number of nitrogens with zero attached hydrogens (tertiary/aromatic N) is 1. The van der Waals surface area contributed by atoms with Crippen molar-refractivity contribution in [3.05, 3.63) is 0 Å². The zero-order chi connectivity index (χ0) is 13.8. The Morgan fingerprint density at radius 3 is 2.68 bits per heavy atom. The molecule has 2 unspecified atom stereocenters. The van der Waals surface area contributed by atoms with Crippen LogP contribution in [0.5, 0.6) is 0 Å². The van der Waals surface area contributed by atoms with Crippen LogP contribution in [0.2, 0.25) is 0 Å². The van der Waals surface area contributed by atoms with Gasteiger partial charge in [0.1, 0.15) is 0 Å². The van der Waals surface area contributed by atoms with E-state index < -0.39 is 0 Å². The molecule has 1 heterocycles. The molecule has 1 saturated heterocycles. The summed E-state index contributed by atoms with van der Waals surface area (Å²) in [5.41, 5.74) is 5.96. The minimum atomic E-state index is -0.373. The second-order valence-corrected chi connectivity index (χ2v) is 5.69. The van der Waals surface area contributed by atoms with Crippen LogP contribution in [0.25, 0.3) is 0 Å². The molecule has 0 aromatic rings. The van der Waals surface area contributed by atoms with E-state index in [2.05, 4.69) is 15.5 Å². The lowest BCUT2D eigenvalue weighted by atomic mass is 9.97. The molecule has 2 fully saturated rings. The second-order valence-electron chi connectivity index (χ2n) is 5.69. The van der Waals surface area contributed by atoms with Crippen molar-refractivity contribution in [2.45, 2.75) is 57.2 Å². The summed E-state index contributed by atoms with van der Waals surface area (Å²) in [4.78, 5) is 25.4. The van der Waals surface area contributed by atoms with E-state index in [0.29, 0.717) is 0 Å². The van der Waals surface area contributed by atoms with Gasteiger partial charge in [0.05, 0.1) is 6.54 Å². The minimum Gasteiger partial charge on any atom is -0.335 e. The standard InChI is InChI=1S/C13H24N4O2/c1-9(14)11-4-2-3-7-17(11)8-12(18)16-13(19)15-10-5-6-10/h9-11H,2-8,14H2,1H3,(H2,15,16,18,19). The van der Waals surface area contributed by atoms with Gasteiger partial charge in [0, 0.05) is 18.1 Å². The van der Waals surface area contributed by atoms with Gasteiger partial charge < -0.3 is 11.1 Å². The Labute approximate surface area is 114 Å². The van der Waals surface area contributed by atoms with E-state index in [1.165, 1.54) is 0 Å². The summed E-state index contributed by atoms with van der Waals surface area (Å²) in [5, 5.41) is 5.13. The van der Waals surface area contributed by atoms with Gasteiger partial charge in [-0.3, -0.25) is 15.0 Å². The third-order valence-corrected chi connectivity index (χ3v) is 3.78. The van der Waals surface area contributed by atoms with Crippen molar-refractivity contribution in [1.29, 1.82) is 0 Å². The van der Waals surface area contributed by atoms with Crippen LogP contribution >= 0.6 is 0 Å². The molecule has 108 valence electrons. The molecule has 4 N–H and O–H groups in total. The van der Waals surface area contributed by atoms with E-state index in [-0.39, 0.29) is 36.6 Å². The molecule has 3 amide bonds. The molecule has 1 aliphatic carbocycles. The summed E-state index contributed by atoms with van der Waals surface area (Å²) in [6.07, 6.45) is 5.30. The molecular weight excluding hydrogens is 244 g/mol. The smallest absolute Gasteiger partial charge is 0.321 e. The number of piperidine rings is 1. The first-order valence-corrected chi connectivity index (χ1v) is 7.16. The number of rotatable bonds is 4. The number of imide groups is 1. The van der Waals surface area contributed by atoms with Gasteiger partial charge in [-0.15, -0.1) is 0 Å². The lowest BCUT2D eigenvalue weighted by Gasteiger charge is -2.37. The van der Waals surface area contributed by atoms with Crippen LogP contribution in [0, 0.1) is 0 Å². The number of urea groups is 1. The highest BCUT2D eigenvalue weighted by Crippen LogP contribution is 2.19. The fraction of sp³-hybridized carbons (Fsp3) is 0.846. The van der Waals surface area contributed by atoms with Gasteiger partial charge in [0.2, 0.25) is 5.91 Å². The highest BCUT2D eigenvalue weighted by atomic mass is 16.2. The summed E-state index contributed by atoms with van der Waals surface area (Å²) in [7, 11) is 0. The second kappa shape index (κ2) is 6.34. The normalized spacial score (nSPS) is 25.7. The molecule has 2 rings (SSSR count). The molecule has 1 aliphatic heterocycles. The van der Waals surface area contributed by atoms with Gasteiger partial charge in [-0.25, -0.2) is 4.79 Å². The van der Waals surface area contributed by atoms with Crippen LogP contribution in [0.3, 0.4) is 0 Å². The Morgan fingerprint density at radius 2 is 2.05 bits per heavy atom. The Morgan fingerprint density at radius 1 is 1.32 bits per heavy atom. The van der Waals surface area contributed by atoms with Crippen LogP contribution in [0.15, 0.2) is 0 Å². The van der Waals surface area contributed by atoms with Gasteiger partial charge in [0.15, 0.2) is 0 Å². The zero-order valence-corrected chi connectivity index (χ0v) is 11.5. The molecule has 0 bridgehead atoms. The van der Waals surface area contributed by atoms with Crippen molar-refractivity contribution >= 4 is 11.9 Å².